The van der Waals surface area contributed by atoms with Crippen LogP contribution in [0.15, 0.2) is 165 Å². The van der Waals surface area contributed by atoms with Crippen molar-refractivity contribution in [2.24, 2.45) is 0 Å². The average Bonchev–Trinajstić information content (AvgIpc) is 3.28. The van der Waals surface area contributed by atoms with Gasteiger partial charge in [0.1, 0.15) is 0 Å². The van der Waals surface area contributed by atoms with Crippen molar-refractivity contribution >= 4 is 52.3 Å². The lowest BCUT2D eigenvalue weighted by Gasteiger charge is -2.32. The fourth-order valence-electron chi connectivity index (χ4n) is 6.20. The molecule has 0 bridgehead atoms. The Balaban J connectivity index is 1.52. The molecule has 0 atom stereocenters. The maximum atomic E-state index is 2.52. The zero-order valence-electron chi connectivity index (χ0n) is 23.2. The second-order valence-corrected chi connectivity index (χ2v) is 16.6. The molecule has 0 amide bonds. The predicted molar refractivity (Wildman–Crippen MR) is 180 cm³/mol. The Hall–Kier alpha value is -3.76. The summed E-state index contributed by atoms with van der Waals surface area (Å²) in [6.07, 6.45) is 0. The van der Waals surface area contributed by atoms with Gasteiger partial charge in [0.15, 0.2) is 8.07 Å². The Morgan fingerprint density at radius 3 is 1.12 bits per heavy atom. The van der Waals surface area contributed by atoms with Crippen LogP contribution in [-0.4, -0.2) is 8.07 Å². The fourth-order valence-corrected chi connectivity index (χ4v) is 13.4. The molecule has 0 N–H and O–H groups in total. The first kappa shape index (κ1) is 26.2. The topological polar surface area (TPSA) is 0 Å². The van der Waals surface area contributed by atoms with Crippen LogP contribution < -0.4 is 20.7 Å². The molecule has 0 saturated carbocycles. The van der Waals surface area contributed by atoms with Crippen molar-refractivity contribution in [1.29, 1.82) is 0 Å². The summed E-state index contributed by atoms with van der Waals surface area (Å²) in [6, 6.07) is 54.1. The van der Waals surface area contributed by atoms with Crippen molar-refractivity contribution in [3.63, 3.8) is 0 Å². The van der Waals surface area contributed by atoms with E-state index in [-0.39, 0.29) is 0 Å². The van der Waals surface area contributed by atoms with E-state index in [1.165, 1.54) is 62.6 Å². The molecule has 0 radical (unpaired) electrons. The molecule has 7 rings (SSSR count). The maximum Gasteiger partial charge on any atom is 0.180 e. The smallest absolute Gasteiger partial charge is 0.0898 e. The third-order valence-corrected chi connectivity index (χ3v) is 15.3. The highest BCUT2D eigenvalue weighted by molar-refractivity contribution is 7.99. The lowest BCUT2D eigenvalue weighted by molar-refractivity contribution is 1.29. The molecule has 0 spiro atoms. The van der Waals surface area contributed by atoms with Gasteiger partial charge in [-0.15, -0.1) is 0 Å². The molecule has 6 aromatic rings. The van der Waals surface area contributed by atoms with E-state index in [9.17, 15) is 0 Å². The van der Waals surface area contributed by atoms with Crippen LogP contribution in [0.3, 0.4) is 0 Å². The first-order valence-electron chi connectivity index (χ1n) is 14.0. The van der Waals surface area contributed by atoms with Crippen LogP contribution in [0.4, 0.5) is 0 Å². The van der Waals surface area contributed by atoms with Gasteiger partial charge in [-0.25, -0.2) is 0 Å². The van der Waals surface area contributed by atoms with Crippen LogP contribution in [0.25, 0.3) is 11.1 Å². The largest absolute Gasteiger partial charge is 0.180 e. The highest BCUT2D eigenvalue weighted by Crippen LogP contribution is 2.40. The number of benzene rings is 6. The lowest BCUT2D eigenvalue weighted by Crippen LogP contribution is -2.72. The van der Waals surface area contributed by atoms with Crippen molar-refractivity contribution in [3.05, 3.63) is 157 Å². The first-order valence-corrected chi connectivity index (χ1v) is 17.7. The van der Waals surface area contributed by atoms with Crippen molar-refractivity contribution in [2.45, 2.75) is 33.4 Å². The van der Waals surface area contributed by atoms with E-state index in [1.54, 1.807) is 0 Å². The van der Waals surface area contributed by atoms with E-state index in [1.807, 2.05) is 23.5 Å². The van der Waals surface area contributed by atoms with E-state index in [0.717, 1.165) is 0 Å². The van der Waals surface area contributed by atoms with Crippen LogP contribution >= 0.6 is 23.5 Å². The molecule has 0 nitrogen and oxygen atoms in total. The van der Waals surface area contributed by atoms with Gasteiger partial charge in [0.2, 0.25) is 0 Å². The molecule has 198 valence electrons. The minimum absolute atomic E-state index is 1.27. The van der Waals surface area contributed by atoms with Crippen molar-refractivity contribution in [1.82, 2.24) is 0 Å². The fraction of sp³-hybridized carbons (Fsp3) is 0.0526. The molecule has 0 unspecified atom stereocenters. The van der Waals surface area contributed by atoms with Crippen LogP contribution in [0.1, 0.15) is 11.1 Å². The van der Waals surface area contributed by atoms with E-state index in [4.69, 9.17) is 0 Å². The zero-order valence-corrected chi connectivity index (χ0v) is 25.8. The Labute approximate surface area is 252 Å². The summed E-state index contributed by atoms with van der Waals surface area (Å²) in [5.41, 5.74) is 5.45. The summed E-state index contributed by atoms with van der Waals surface area (Å²) in [7, 11) is -2.54. The highest BCUT2D eigenvalue weighted by Gasteiger charge is 2.49. The minimum atomic E-state index is -2.54. The van der Waals surface area contributed by atoms with Crippen LogP contribution in [-0.2, 0) is 0 Å². The summed E-state index contributed by atoms with van der Waals surface area (Å²) in [5.74, 6) is 0. The van der Waals surface area contributed by atoms with Gasteiger partial charge in [-0.3, -0.25) is 0 Å². The summed E-state index contributed by atoms with van der Waals surface area (Å²) in [5, 5.41) is 5.89. The third-order valence-electron chi connectivity index (χ3n) is 8.08. The zero-order chi connectivity index (χ0) is 27.8. The molecule has 1 heterocycles. The van der Waals surface area contributed by atoms with Gasteiger partial charge in [-0.2, -0.15) is 0 Å². The minimum Gasteiger partial charge on any atom is -0.0898 e. The number of aryl methyl sites for hydroxylation is 2. The number of hydrogen-bond donors (Lipinski definition) is 0. The third kappa shape index (κ3) is 4.59. The van der Waals surface area contributed by atoms with E-state index >= 15 is 0 Å². The molecule has 0 saturated heterocycles. The van der Waals surface area contributed by atoms with Gasteiger partial charge >= 0.3 is 0 Å². The Morgan fingerprint density at radius 2 is 0.756 bits per heavy atom. The molecule has 1 aliphatic rings. The number of fused-ring (bicyclic) bond motifs is 3. The molecule has 0 aliphatic carbocycles. The number of hydrogen-bond acceptors (Lipinski definition) is 2. The first-order chi connectivity index (χ1) is 20.1. The summed E-state index contributed by atoms with van der Waals surface area (Å²) >= 11 is 3.73. The van der Waals surface area contributed by atoms with E-state index in [2.05, 4.69) is 159 Å². The normalized spacial score (nSPS) is 13.0. The van der Waals surface area contributed by atoms with E-state index < -0.39 is 8.07 Å². The van der Waals surface area contributed by atoms with Gasteiger partial charge in [0.05, 0.1) is 0 Å². The molecular weight excluding hydrogens is 549 g/mol. The van der Waals surface area contributed by atoms with Gasteiger partial charge in [-0.05, 0) is 93.2 Å². The summed E-state index contributed by atoms with van der Waals surface area (Å²) in [6.45, 7) is 4.57. The second-order valence-electron chi connectivity index (χ2n) is 10.6. The molecule has 41 heavy (non-hydrogen) atoms. The molecule has 3 heteroatoms. The highest BCUT2D eigenvalue weighted by atomic mass is 32.2. The second kappa shape index (κ2) is 10.9. The predicted octanol–water partition coefficient (Wildman–Crippen LogP) is 7.96. The molecular formula is C38H30S2Si. The summed E-state index contributed by atoms with van der Waals surface area (Å²) < 4.78 is 0. The van der Waals surface area contributed by atoms with E-state index in [0.29, 0.717) is 0 Å². The van der Waals surface area contributed by atoms with Crippen LogP contribution in [0, 0.1) is 13.8 Å². The average molecular weight is 579 g/mol. The Bertz CT molecular complexity index is 1690. The lowest BCUT2D eigenvalue weighted by atomic mass is 10.0. The molecule has 0 fully saturated rings. The van der Waals surface area contributed by atoms with Crippen LogP contribution in [0.5, 0.6) is 0 Å². The Morgan fingerprint density at radius 1 is 0.415 bits per heavy atom. The SMILES string of the molecule is Cc1cc2c(cc1Sc1ccccc1)-c1cc(Sc3ccccc3)c(C)cc1[Si]2(c1ccccc1)c1ccccc1. The summed E-state index contributed by atoms with van der Waals surface area (Å²) in [4.78, 5) is 5.19. The van der Waals surface area contributed by atoms with Gasteiger partial charge < -0.3 is 0 Å². The quantitative estimate of drug-likeness (QED) is 0.184. The van der Waals surface area contributed by atoms with Crippen molar-refractivity contribution < 1.29 is 0 Å². The molecule has 0 aromatic heterocycles. The van der Waals surface area contributed by atoms with Gasteiger partial charge in [-0.1, -0.05) is 133 Å². The van der Waals surface area contributed by atoms with Gasteiger partial charge in [0.25, 0.3) is 0 Å². The Kier molecular flexibility index (Phi) is 6.96. The number of rotatable bonds is 6. The van der Waals surface area contributed by atoms with Gasteiger partial charge in [0, 0.05) is 19.6 Å². The molecule has 6 aromatic carbocycles. The molecule has 1 aliphatic heterocycles. The van der Waals surface area contributed by atoms with Crippen LogP contribution in [0.2, 0.25) is 0 Å². The van der Waals surface area contributed by atoms with Crippen molar-refractivity contribution in [3.8, 4) is 11.1 Å². The van der Waals surface area contributed by atoms with Crippen molar-refractivity contribution in [2.75, 3.05) is 0 Å². The standard InChI is InChI=1S/C38H30S2Si/c1-27-23-37-33(25-35(27)39-29-15-7-3-8-16-29)34-26-36(40-30-17-9-4-10-18-30)28(2)24-38(34)41(37,31-19-11-5-12-20-31)32-21-13-6-14-22-32/h3-26H,1-2H3. The maximum absolute atomic E-state index is 2.54. The monoisotopic (exact) mass is 578 g/mol.